The Kier molecular flexibility index (Phi) is 11.3. The van der Waals surface area contributed by atoms with Crippen LogP contribution < -0.4 is 15.8 Å². The van der Waals surface area contributed by atoms with Crippen molar-refractivity contribution < 1.29 is 18.3 Å². The fourth-order valence-corrected chi connectivity index (χ4v) is 1.98. The molecule has 7 heteroatoms. The first-order chi connectivity index (χ1) is 10.5. The van der Waals surface area contributed by atoms with Crippen molar-refractivity contribution in [3.8, 4) is 5.75 Å². The average molecular weight is 351 g/mol. The molecule has 0 bridgehead atoms. The Balaban J connectivity index is 0.00000484. The quantitative estimate of drug-likeness (QED) is 0.637. The zero-order chi connectivity index (χ0) is 16.4. The number of rotatable bonds is 10. The lowest BCUT2D eigenvalue weighted by atomic mass is 10.1. The van der Waals surface area contributed by atoms with Crippen molar-refractivity contribution in [1.29, 1.82) is 0 Å². The van der Waals surface area contributed by atoms with Crippen molar-refractivity contribution in [3.63, 3.8) is 0 Å². The highest BCUT2D eigenvalue weighted by Crippen LogP contribution is 2.17. The van der Waals surface area contributed by atoms with Crippen LogP contribution in [0.1, 0.15) is 39.0 Å². The standard InChI is InChI=1S/C16H24F2N2O2.ClH/c1-12(20-16(21)6-4-2-3-5-9-19)11-22-15-8-7-13(17)10-14(15)18;/h7-8,10,12H,2-6,9,11,19H2,1H3,(H,20,21);1H. The van der Waals surface area contributed by atoms with Crippen LogP contribution in [0.25, 0.3) is 0 Å². The third-order valence-electron chi connectivity index (χ3n) is 3.15. The molecule has 0 spiro atoms. The van der Waals surface area contributed by atoms with E-state index in [-0.39, 0.29) is 36.7 Å². The van der Waals surface area contributed by atoms with E-state index in [0.717, 1.165) is 37.8 Å². The van der Waals surface area contributed by atoms with Crippen molar-refractivity contribution in [1.82, 2.24) is 5.32 Å². The summed E-state index contributed by atoms with van der Waals surface area (Å²) < 4.78 is 31.4. The minimum Gasteiger partial charge on any atom is -0.488 e. The number of nitrogens with two attached hydrogens (primary N) is 1. The number of unbranched alkanes of at least 4 members (excludes halogenated alkanes) is 3. The molecule has 1 rings (SSSR count). The summed E-state index contributed by atoms with van der Waals surface area (Å²) >= 11 is 0. The Morgan fingerprint density at radius 3 is 2.61 bits per heavy atom. The zero-order valence-electron chi connectivity index (χ0n) is 13.3. The minimum absolute atomic E-state index is 0. The molecule has 132 valence electrons. The van der Waals surface area contributed by atoms with Gasteiger partial charge in [-0.3, -0.25) is 4.79 Å². The number of amides is 1. The van der Waals surface area contributed by atoms with Crippen molar-refractivity contribution >= 4 is 18.3 Å². The molecule has 0 fully saturated rings. The Morgan fingerprint density at radius 2 is 1.96 bits per heavy atom. The van der Waals surface area contributed by atoms with Crippen molar-refractivity contribution in [2.75, 3.05) is 13.2 Å². The second-order valence-electron chi connectivity index (χ2n) is 5.31. The summed E-state index contributed by atoms with van der Waals surface area (Å²) in [5.74, 6) is -1.48. The van der Waals surface area contributed by atoms with E-state index in [1.54, 1.807) is 6.92 Å². The zero-order valence-corrected chi connectivity index (χ0v) is 14.1. The summed E-state index contributed by atoms with van der Waals surface area (Å²) in [5.41, 5.74) is 5.40. The summed E-state index contributed by atoms with van der Waals surface area (Å²) in [6.45, 7) is 2.58. The van der Waals surface area contributed by atoms with Gasteiger partial charge in [-0.2, -0.15) is 0 Å². The summed E-state index contributed by atoms with van der Waals surface area (Å²) in [5, 5.41) is 2.79. The van der Waals surface area contributed by atoms with Gasteiger partial charge in [0.1, 0.15) is 12.4 Å². The van der Waals surface area contributed by atoms with Crippen LogP contribution in [0, 0.1) is 11.6 Å². The molecule has 1 atom stereocenters. The fourth-order valence-electron chi connectivity index (χ4n) is 1.98. The van der Waals surface area contributed by atoms with Crippen molar-refractivity contribution in [2.45, 2.75) is 45.1 Å². The molecule has 4 nitrogen and oxygen atoms in total. The van der Waals surface area contributed by atoms with Crippen LogP contribution >= 0.6 is 12.4 Å². The molecule has 0 aliphatic heterocycles. The van der Waals surface area contributed by atoms with Crippen LogP contribution in [0.2, 0.25) is 0 Å². The molecule has 0 aliphatic rings. The number of hydrogen-bond acceptors (Lipinski definition) is 3. The van der Waals surface area contributed by atoms with E-state index in [1.165, 1.54) is 6.07 Å². The molecular weight excluding hydrogens is 326 g/mol. The molecule has 0 heterocycles. The first-order valence-corrected chi connectivity index (χ1v) is 7.60. The van der Waals surface area contributed by atoms with Gasteiger partial charge in [0, 0.05) is 12.5 Å². The number of hydrogen-bond donors (Lipinski definition) is 2. The first kappa shape index (κ1) is 21.6. The van der Waals surface area contributed by atoms with Gasteiger partial charge in [-0.25, -0.2) is 8.78 Å². The molecule has 1 aromatic rings. The van der Waals surface area contributed by atoms with Crippen LogP contribution in [0.3, 0.4) is 0 Å². The minimum atomic E-state index is -0.751. The normalized spacial score (nSPS) is 11.5. The largest absolute Gasteiger partial charge is 0.488 e. The summed E-state index contributed by atoms with van der Waals surface area (Å²) in [7, 11) is 0. The lowest BCUT2D eigenvalue weighted by Gasteiger charge is -2.15. The second kappa shape index (κ2) is 12.1. The van der Waals surface area contributed by atoms with Crippen LogP contribution in [0.5, 0.6) is 5.75 Å². The van der Waals surface area contributed by atoms with Crippen LogP contribution in [0.4, 0.5) is 8.78 Å². The average Bonchev–Trinajstić information content (AvgIpc) is 2.46. The summed E-state index contributed by atoms with van der Waals surface area (Å²) in [6, 6.07) is 2.88. The summed E-state index contributed by atoms with van der Waals surface area (Å²) in [4.78, 5) is 11.7. The SMILES string of the molecule is CC(COc1ccc(F)cc1F)NC(=O)CCCCCCN.Cl. The molecule has 23 heavy (non-hydrogen) atoms. The van der Waals surface area contributed by atoms with Gasteiger partial charge in [0.2, 0.25) is 5.91 Å². The molecule has 0 aromatic heterocycles. The van der Waals surface area contributed by atoms with Gasteiger partial charge < -0.3 is 15.8 Å². The lowest BCUT2D eigenvalue weighted by Crippen LogP contribution is -2.36. The van der Waals surface area contributed by atoms with Crippen LogP contribution in [-0.4, -0.2) is 25.1 Å². The van der Waals surface area contributed by atoms with Gasteiger partial charge in [-0.15, -0.1) is 12.4 Å². The molecule has 0 saturated carbocycles. The first-order valence-electron chi connectivity index (χ1n) is 7.60. The monoisotopic (exact) mass is 350 g/mol. The molecule has 0 radical (unpaired) electrons. The van der Waals surface area contributed by atoms with E-state index in [9.17, 15) is 13.6 Å². The number of benzene rings is 1. The number of ether oxygens (including phenoxy) is 1. The van der Waals surface area contributed by atoms with Crippen LogP contribution in [0.15, 0.2) is 18.2 Å². The third-order valence-corrected chi connectivity index (χ3v) is 3.15. The van der Waals surface area contributed by atoms with Gasteiger partial charge >= 0.3 is 0 Å². The topological polar surface area (TPSA) is 64.3 Å². The maximum atomic E-state index is 13.4. The van der Waals surface area contributed by atoms with Crippen molar-refractivity contribution in [2.24, 2.45) is 5.73 Å². The van der Waals surface area contributed by atoms with E-state index in [0.29, 0.717) is 13.0 Å². The number of carbonyl (C=O) groups is 1. The van der Waals surface area contributed by atoms with Gasteiger partial charge in [0.25, 0.3) is 0 Å². The highest BCUT2D eigenvalue weighted by atomic mass is 35.5. The Bertz CT molecular complexity index is 475. The Hall–Kier alpha value is -1.40. The molecule has 1 amide bonds. The van der Waals surface area contributed by atoms with Crippen LogP contribution in [-0.2, 0) is 4.79 Å². The van der Waals surface area contributed by atoms with Gasteiger partial charge in [-0.05, 0) is 38.4 Å². The van der Waals surface area contributed by atoms with E-state index in [2.05, 4.69) is 5.32 Å². The lowest BCUT2D eigenvalue weighted by molar-refractivity contribution is -0.122. The van der Waals surface area contributed by atoms with E-state index in [4.69, 9.17) is 10.5 Å². The van der Waals surface area contributed by atoms with Crippen molar-refractivity contribution in [3.05, 3.63) is 29.8 Å². The molecule has 0 aliphatic carbocycles. The van der Waals surface area contributed by atoms with E-state index >= 15 is 0 Å². The van der Waals surface area contributed by atoms with Gasteiger partial charge in [0.05, 0.1) is 6.04 Å². The van der Waals surface area contributed by atoms with E-state index in [1.807, 2.05) is 0 Å². The van der Waals surface area contributed by atoms with Gasteiger partial charge in [-0.1, -0.05) is 12.8 Å². The molecule has 0 saturated heterocycles. The maximum Gasteiger partial charge on any atom is 0.220 e. The highest BCUT2D eigenvalue weighted by molar-refractivity contribution is 5.85. The molecule has 1 unspecified atom stereocenters. The number of nitrogens with one attached hydrogen (secondary N) is 1. The highest BCUT2D eigenvalue weighted by Gasteiger charge is 2.10. The van der Waals surface area contributed by atoms with Gasteiger partial charge in [0.15, 0.2) is 11.6 Å². The maximum absolute atomic E-state index is 13.4. The Labute approximate surface area is 142 Å². The van der Waals surface area contributed by atoms with E-state index < -0.39 is 11.6 Å². The molecular formula is C16H25ClF2N2O2. The fraction of sp³-hybridized carbons (Fsp3) is 0.562. The number of carbonyl (C=O) groups excluding carboxylic acids is 1. The Morgan fingerprint density at radius 1 is 1.26 bits per heavy atom. The second-order valence-corrected chi connectivity index (χ2v) is 5.31. The molecule has 3 N–H and O–H groups in total. The molecule has 1 aromatic carbocycles. The predicted molar refractivity (Wildman–Crippen MR) is 88.8 cm³/mol. The summed E-state index contributed by atoms with van der Waals surface area (Å²) in [6.07, 6.45) is 4.28. The predicted octanol–water partition coefficient (Wildman–Crippen LogP) is 3.18. The third kappa shape index (κ3) is 9.36. The number of halogens is 3. The smallest absolute Gasteiger partial charge is 0.220 e.